The number of carbonyl (C=O) groups is 1. The molecule has 148 valence electrons. The van der Waals surface area contributed by atoms with Gasteiger partial charge in [-0.2, -0.15) is 10.5 Å². The zero-order chi connectivity index (χ0) is 21.2. The molecule has 1 amide bonds. The van der Waals surface area contributed by atoms with Gasteiger partial charge in [0, 0.05) is 5.41 Å². The Hall–Kier alpha value is -2.41. The molecule has 1 aromatic carbocycles. The second-order valence-electron chi connectivity index (χ2n) is 8.52. The molecule has 1 aromatic heterocycles. The summed E-state index contributed by atoms with van der Waals surface area (Å²) >= 11 is 12.4. The van der Waals surface area contributed by atoms with Crippen LogP contribution in [0.1, 0.15) is 45.0 Å². The molecule has 1 saturated carbocycles. The van der Waals surface area contributed by atoms with E-state index >= 15 is 0 Å². The first-order valence-electron chi connectivity index (χ1n) is 9.35. The third-order valence-electron chi connectivity index (χ3n) is 7.26. The van der Waals surface area contributed by atoms with Crippen LogP contribution in [-0.4, -0.2) is 33.9 Å². The molecule has 0 radical (unpaired) electrons. The molecule has 0 aliphatic heterocycles. The molecule has 0 N–H and O–H groups in total. The average molecular weight is 428 g/mol. The number of aromatic nitrogens is 2. The van der Waals surface area contributed by atoms with Crippen LogP contribution in [-0.2, 0) is 15.6 Å². The van der Waals surface area contributed by atoms with Gasteiger partial charge in [-0.3, -0.25) is 4.79 Å². The minimum atomic E-state index is -0.946. The Kier molecular flexibility index (Phi) is 4.31. The first kappa shape index (κ1) is 19.9. The molecule has 0 saturated heterocycles. The SMILES string of the molecule is CC12CCC(C(=O)N(CC#N)CC#N)(c3nc4cc(Cl)c(Cl)cc4nc31)C2(C)C. The van der Waals surface area contributed by atoms with Crippen LogP contribution in [0.15, 0.2) is 12.1 Å². The van der Waals surface area contributed by atoms with Gasteiger partial charge >= 0.3 is 0 Å². The number of hydrogen-bond donors (Lipinski definition) is 0. The van der Waals surface area contributed by atoms with Crippen molar-refractivity contribution < 1.29 is 4.79 Å². The summed E-state index contributed by atoms with van der Waals surface area (Å²) in [7, 11) is 0. The van der Waals surface area contributed by atoms with Crippen LogP contribution in [0.3, 0.4) is 0 Å². The topological polar surface area (TPSA) is 93.7 Å². The van der Waals surface area contributed by atoms with E-state index in [0.29, 0.717) is 33.2 Å². The summed E-state index contributed by atoms with van der Waals surface area (Å²) in [6.45, 7) is 5.95. The second-order valence-corrected chi connectivity index (χ2v) is 9.33. The largest absolute Gasteiger partial charge is 0.315 e. The number of nitriles is 2. The molecule has 6 nitrogen and oxygen atoms in total. The van der Waals surface area contributed by atoms with Crippen LogP contribution < -0.4 is 0 Å². The molecule has 1 fully saturated rings. The number of halogens is 2. The van der Waals surface area contributed by atoms with E-state index in [9.17, 15) is 15.3 Å². The van der Waals surface area contributed by atoms with Crippen LogP contribution in [0.2, 0.25) is 10.0 Å². The molecule has 0 spiro atoms. The number of carbonyl (C=O) groups excluding carboxylic acids is 1. The third-order valence-corrected chi connectivity index (χ3v) is 7.98. The van der Waals surface area contributed by atoms with Gasteiger partial charge in [0.1, 0.15) is 13.1 Å². The molecule has 2 unspecified atom stereocenters. The predicted molar refractivity (Wildman–Crippen MR) is 109 cm³/mol. The van der Waals surface area contributed by atoms with Gasteiger partial charge in [-0.05, 0) is 30.4 Å². The van der Waals surface area contributed by atoms with Gasteiger partial charge in [-0.25, -0.2) is 9.97 Å². The van der Waals surface area contributed by atoms with Crippen molar-refractivity contribution in [2.24, 2.45) is 5.41 Å². The Morgan fingerprint density at radius 3 is 2.07 bits per heavy atom. The van der Waals surface area contributed by atoms with Crippen LogP contribution in [0.5, 0.6) is 0 Å². The molecule has 1 heterocycles. The predicted octanol–water partition coefficient (Wildman–Crippen LogP) is 4.14. The lowest BCUT2D eigenvalue weighted by Crippen LogP contribution is -2.53. The molecular weight excluding hydrogens is 409 g/mol. The summed E-state index contributed by atoms with van der Waals surface area (Å²) < 4.78 is 0. The zero-order valence-corrected chi connectivity index (χ0v) is 17.9. The molecule has 4 rings (SSSR count). The number of rotatable bonds is 3. The number of fused-ring (bicyclic) bond motifs is 6. The van der Waals surface area contributed by atoms with E-state index in [1.807, 2.05) is 12.1 Å². The highest BCUT2D eigenvalue weighted by Gasteiger charge is 2.73. The van der Waals surface area contributed by atoms with Crippen LogP contribution in [0, 0.1) is 28.1 Å². The monoisotopic (exact) mass is 427 g/mol. The smallest absolute Gasteiger partial charge is 0.237 e. The first-order valence-corrected chi connectivity index (χ1v) is 10.1. The molecule has 2 aliphatic carbocycles. The van der Waals surface area contributed by atoms with Crippen molar-refractivity contribution in [3.8, 4) is 12.1 Å². The van der Waals surface area contributed by atoms with Crippen molar-refractivity contribution in [3.63, 3.8) is 0 Å². The Morgan fingerprint density at radius 1 is 1.03 bits per heavy atom. The molecule has 2 aromatic rings. The van der Waals surface area contributed by atoms with Crippen LogP contribution in [0.25, 0.3) is 11.0 Å². The molecule has 8 heteroatoms. The van der Waals surface area contributed by atoms with Crippen LogP contribution >= 0.6 is 23.2 Å². The quantitative estimate of drug-likeness (QED) is 0.685. The van der Waals surface area contributed by atoms with Crippen molar-refractivity contribution in [2.75, 3.05) is 13.1 Å². The van der Waals surface area contributed by atoms with Gasteiger partial charge in [0.2, 0.25) is 5.91 Å². The maximum atomic E-state index is 13.8. The van der Waals surface area contributed by atoms with Gasteiger partial charge < -0.3 is 4.90 Å². The van der Waals surface area contributed by atoms with Gasteiger partial charge in [0.25, 0.3) is 0 Å². The van der Waals surface area contributed by atoms with Gasteiger partial charge in [-0.1, -0.05) is 44.0 Å². The van der Waals surface area contributed by atoms with Crippen molar-refractivity contribution in [2.45, 2.75) is 44.4 Å². The summed E-state index contributed by atoms with van der Waals surface area (Å²) in [5.74, 6) is -0.234. The number of nitrogens with zero attached hydrogens (tertiary/aromatic N) is 5. The lowest BCUT2D eigenvalue weighted by molar-refractivity contribution is -0.140. The highest BCUT2D eigenvalue weighted by Crippen LogP contribution is 2.70. The Balaban J connectivity index is 2.00. The maximum Gasteiger partial charge on any atom is 0.237 e. The lowest BCUT2D eigenvalue weighted by Gasteiger charge is -2.41. The number of hydrogen-bond acceptors (Lipinski definition) is 5. The molecule has 2 bridgehead atoms. The van der Waals surface area contributed by atoms with Crippen molar-refractivity contribution in [3.05, 3.63) is 33.6 Å². The standard InChI is InChI=1S/C21H19Cl2N5O/c1-19(2)20(3)4-5-21(19,18(29)28(8-6-24)9-7-25)17-16(20)26-14-10-12(22)13(23)11-15(14)27-17/h10-11H,4-5,8-9H2,1-3H3. The molecular formula is C21H19Cl2N5O. The van der Waals surface area contributed by atoms with E-state index in [-0.39, 0.29) is 24.4 Å². The molecule has 29 heavy (non-hydrogen) atoms. The van der Waals surface area contributed by atoms with Gasteiger partial charge in [0.15, 0.2) is 0 Å². The summed E-state index contributed by atoms with van der Waals surface area (Å²) in [6.07, 6.45) is 1.37. The van der Waals surface area contributed by atoms with Crippen molar-refractivity contribution >= 4 is 40.1 Å². The summed E-state index contributed by atoms with van der Waals surface area (Å²) in [5, 5.41) is 19.2. The van der Waals surface area contributed by atoms with E-state index in [1.165, 1.54) is 4.90 Å². The molecule has 2 aliphatic rings. The number of benzene rings is 1. The average Bonchev–Trinajstić information content (AvgIpc) is 2.96. The van der Waals surface area contributed by atoms with E-state index in [2.05, 4.69) is 20.8 Å². The van der Waals surface area contributed by atoms with Crippen molar-refractivity contribution in [1.29, 1.82) is 10.5 Å². The van der Waals surface area contributed by atoms with Crippen molar-refractivity contribution in [1.82, 2.24) is 14.9 Å². The van der Waals surface area contributed by atoms with E-state index in [0.717, 1.165) is 12.1 Å². The third kappa shape index (κ3) is 2.31. The van der Waals surface area contributed by atoms with E-state index < -0.39 is 10.8 Å². The Morgan fingerprint density at radius 2 is 1.55 bits per heavy atom. The molecule has 2 atom stereocenters. The highest BCUT2D eigenvalue weighted by atomic mass is 35.5. The van der Waals surface area contributed by atoms with Gasteiger partial charge in [-0.15, -0.1) is 0 Å². The lowest BCUT2D eigenvalue weighted by atomic mass is 9.63. The highest BCUT2D eigenvalue weighted by molar-refractivity contribution is 6.42. The minimum absolute atomic E-state index is 0.140. The van der Waals surface area contributed by atoms with Gasteiger partial charge in [0.05, 0.1) is 50.0 Å². The first-order chi connectivity index (χ1) is 13.6. The Labute approximate surface area is 179 Å². The zero-order valence-electron chi connectivity index (χ0n) is 16.4. The normalized spacial score (nSPS) is 26.0. The fourth-order valence-corrected chi connectivity index (χ4v) is 5.53. The maximum absolute atomic E-state index is 13.8. The second kappa shape index (κ2) is 6.29. The summed E-state index contributed by atoms with van der Waals surface area (Å²) in [4.78, 5) is 24.9. The Bertz CT molecular complexity index is 1130. The summed E-state index contributed by atoms with van der Waals surface area (Å²) in [5.41, 5.74) is 0.831. The van der Waals surface area contributed by atoms with E-state index in [1.54, 1.807) is 12.1 Å². The van der Waals surface area contributed by atoms with E-state index in [4.69, 9.17) is 33.2 Å². The van der Waals surface area contributed by atoms with Crippen LogP contribution in [0.4, 0.5) is 0 Å². The number of amides is 1. The fraction of sp³-hybridized carbons (Fsp3) is 0.476. The fourth-order valence-electron chi connectivity index (χ4n) is 5.21. The summed E-state index contributed by atoms with van der Waals surface area (Å²) in [6, 6.07) is 7.36. The minimum Gasteiger partial charge on any atom is -0.315 e.